The third-order valence-electron chi connectivity index (χ3n) is 1.49. The van der Waals surface area contributed by atoms with Crippen LogP contribution in [0.2, 0.25) is 0 Å². The molecule has 14 heavy (non-hydrogen) atoms. The van der Waals surface area contributed by atoms with Crippen molar-refractivity contribution in [2.45, 2.75) is 0 Å². The van der Waals surface area contributed by atoms with E-state index in [0.29, 0.717) is 0 Å². The monoisotopic (exact) mass is 539 g/mol. The summed E-state index contributed by atoms with van der Waals surface area (Å²) in [6.45, 7) is 0. The fourth-order valence-corrected chi connectivity index (χ4v) is 3.11. The number of halogens is 6. The molecule has 0 amide bonds. The first-order chi connectivity index (χ1) is 6.37. The molecule has 0 heterocycles. The van der Waals surface area contributed by atoms with Gasteiger partial charge in [-0.25, -0.2) is 13.2 Å². The van der Waals surface area contributed by atoms with Crippen molar-refractivity contribution < 1.29 is 13.2 Å². The van der Waals surface area contributed by atoms with E-state index in [9.17, 15) is 13.2 Å². The molecule has 0 saturated carbocycles. The Bertz CT molecular complexity index is 352. The number of nitrogens with zero attached hydrogens (tertiary/aromatic N) is 1. The predicted octanol–water partition coefficient (Wildman–Crippen LogP) is 4.10. The molecule has 0 saturated heterocycles. The molecule has 1 nitrogen and oxygen atoms in total. The quantitative estimate of drug-likeness (QED) is 0.225. The molecule has 78 valence electrons. The predicted molar refractivity (Wildman–Crippen MR) is 74.2 cm³/mol. The summed E-state index contributed by atoms with van der Waals surface area (Å²) in [5.74, 6) is -2.87. The van der Waals surface area contributed by atoms with E-state index in [0.717, 1.165) is 0 Å². The summed E-state index contributed by atoms with van der Waals surface area (Å²) in [4.78, 5) is 0. The van der Waals surface area contributed by atoms with Crippen molar-refractivity contribution >= 4 is 73.7 Å². The average molecular weight is 539 g/mol. The van der Waals surface area contributed by atoms with Crippen LogP contribution in [0.15, 0.2) is 0 Å². The Labute approximate surface area is 120 Å². The van der Waals surface area contributed by atoms with Crippen LogP contribution < -0.4 is 3.11 Å². The van der Waals surface area contributed by atoms with Crippen LogP contribution in [-0.2, 0) is 0 Å². The van der Waals surface area contributed by atoms with Crippen molar-refractivity contribution in [1.82, 2.24) is 0 Å². The first-order valence-corrected chi connectivity index (χ1v) is 6.41. The van der Waals surface area contributed by atoms with Crippen LogP contribution in [0.25, 0.3) is 0 Å². The molecule has 0 radical (unpaired) electrons. The first kappa shape index (κ1) is 13.1. The highest BCUT2D eigenvalue weighted by Crippen LogP contribution is 2.34. The Kier molecular flexibility index (Phi) is 4.56. The van der Waals surface area contributed by atoms with Crippen LogP contribution in [0.5, 0.6) is 0 Å². The van der Waals surface area contributed by atoms with Gasteiger partial charge in [0.05, 0.1) is 35.7 Å². The first-order valence-electron chi connectivity index (χ1n) is 3.28. The molecular weight excluding hydrogens is 536 g/mol. The summed E-state index contributed by atoms with van der Waals surface area (Å²) in [6.07, 6.45) is 0. The van der Waals surface area contributed by atoms with E-state index in [1.165, 1.54) is 25.7 Å². The van der Waals surface area contributed by atoms with Gasteiger partial charge in [0.15, 0.2) is 17.5 Å². The molecule has 1 aromatic carbocycles. The second-order valence-corrected chi connectivity index (χ2v) is 6.00. The van der Waals surface area contributed by atoms with Gasteiger partial charge in [0.25, 0.3) is 0 Å². The molecule has 1 rings (SSSR count). The minimum absolute atomic E-state index is 0.0464. The zero-order valence-corrected chi connectivity index (χ0v) is 13.2. The summed E-state index contributed by atoms with van der Waals surface area (Å²) in [5, 5.41) is 0. The van der Waals surface area contributed by atoms with Gasteiger partial charge in [-0.1, -0.05) is 0 Å². The van der Waals surface area contributed by atoms with Gasteiger partial charge in [0.1, 0.15) is 0 Å². The van der Waals surface area contributed by atoms with Gasteiger partial charge in [-0.3, -0.25) is 0 Å². The standard InChI is InChI=1S/C7H3F3I3N/c1-14(13)7-4(10)5(11)2(8)3(9)6(7)12/h1H3. The van der Waals surface area contributed by atoms with Crippen molar-refractivity contribution in [3.63, 3.8) is 0 Å². The number of hydrogen-bond acceptors (Lipinski definition) is 1. The fourth-order valence-electron chi connectivity index (χ4n) is 0.864. The summed E-state index contributed by atoms with van der Waals surface area (Å²) < 4.78 is 40.8. The van der Waals surface area contributed by atoms with E-state index in [-0.39, 0.29) is 12.8 Å². The molecule has 0 aliphatic heterocycles. The highest BCUT2D eigenvalue weighted by molar-refractivity contribution is 14.1. The number of rotatable bonds is 1. The Hall–Kier alpha value is 1.00. The maximum atomic E-state index is 13.5. The third-order valence-corrected chi connectivity index (χ3v) is 3.91. The van der Waals surface area contributed by atoms with Gasteiger partial charge >= 0.3 is 0 Å². The second-order valence-electron chi connectivity index (χ2n) is 2.40. The lowest BCUT2D eigenvalue weighted by Crippen LogP contribution is -2.10. The van der Waals surface area contributed by atoms with Crippen LogP contribution in [0, 0.1) is 24.6 Å². The molecule has 0 bridgehead atoms. The Morgan fingerprint density at radius 1 is 0.929 bits per heavy atom. The van der Waals surface area contributed by atoms with Gasteiger partial charge in [-0.2, -0.15) is 0 Å². The average Bonchev–Trinajstić information content (AvgIpc) is 2.11. The molecule has 0 unspecified atom stereocenters. The van der Waals surface area contributed by atoms with Gasteiger partial charge in [0.2, 0.25) is 0 Å². The molecule has 0 N–H and O–H groups in total. The highest BCUT2D eigenvalue weighted by atomic mass is 127. The molecule has 0 aromatic heterocycles. The zero-order chi connectivity index (χ0) is 11.0. The number of anilines is 1. The second kappa shape index (κ2) is 4.89. The Balaban J connectivity index is 3.60. The van der Waals surface area contributed by atoms with Crippen LogP contribution in [0.3, 0.4) is 0 Å². The molecule has 7 heteroatoms. The Morgan fingerprint density at radius 3 is 1.79 bits per heavy atom. The van der Waals surface area contributed by atoms with E-state index >= 15 is 0 Å². The van der Waals surface area contributed by atoms with Gasteiger partial charge < -0.3 is 3.11 Å². The minimum atomic E-state index is -1.13. The number of benzene rings is 1. The molecule has 0 fully saturated rings. The van der Waals surface area contributed by atoms with E-state index in [4.69, 9.17) is 0 Å². The Morgan fingerprint density at radius 2 is 1.36 bits per heavy atom. The summed E-state index contributed by atoms with van der Waals surface area (Å²) in [5.41, 5.74) is 0.0644. The van der Waals surface area contributed by atoms with Crippen molar-refractivity contribution in [3.8, 4) is 0 Å². The molecule has 0 atom stereocenters. The van der Waals surface area contributed by atoms with Crippen LogP contribution in [-0.4, -0.2) is 7.05 Å². The lowest BCUT2D eigenvalue weighted by atomic mass is 10.3. The number of hydrogen-bond donors (Lipinski definition) is 0. The molecule has 0 spiro atoms. The summed E-state index contributed by atoms with van der Waals surface area (Å²) in [6, 6.07) is 0. The topological polar surface area (TPSA) is 3.24 Å². The SMILES string of the molecule is CN(I)c1c(F)c(I)c(F)c(F)c1I. The maximum Gasteiger partial charge on any atom is 0.176 e. The maximum absolute atomic E-state index is 13.5. The van der Waals surface area contributed by atoms with Crippen molar-refractivity contribution in [2.75, 3.05) is 10.2 Å². The smallest absolute Gasteiger partial charge is 0.176 e. The summed E-state index contributed by atoms with van der Waals surface area (Å²) >= 11 is 4.83. The third kappa shape index (κ3) is 2.23. The minimum Gasteiger partial charge on any atom is -0.314 e. The van der Waals surface area contributed by atoms with Crippen molar-refractivity contribution in [3.05, 3.63) is 24.6 Å². The molecular formula is C7H3F3I3N. The van der Waals surface area contributed by atoms with E-state index < -0.39 is 17.5 Å². The van der Waals surface area contributed by atoms with Crippen LogP contribution in [0.4, 0.5) is 18.9 Å². The highest BCUT2D eigenvalue weighted by Gasteiger charge is 2.23. The van der Waals surface area contributed by atoms with E-state index in [1.54, 1.807) is 52.5 Å². The van der Waals surface area contributed by atoms with Crippen molar-refractivity contribution in [1.29, 1.82) is 0 Å². The lowest BCUT2D eigenvalue weighted by Gasteiger charge is -2.15. The van der Waals surface area contributed by atoms with Crippen molar-refractivity contribution in [2.24, 2.45) is 0 Å². The normalized spacial score (nSPS) is 10.5. The van der Waals surface area contributed by atoms with E-state index in [2.05, 4.69) is 0 Å². The largest absolute Gasteiger partial charge is 0.314 e. The van der Waals surface area contributed by atoms with Gasteiger partial charge in [0, 0.05) is 7.05 Å². The molecule has 0 aliphatic carbocycles. The summed E-state index contributed by atoms with van der Waals surface area (Å²) in [7, 11) is 1.56. The fraction of sp³-hybridized carbons (Fsp3) is 0.143. The van der Waals surface area contributed by atoms with Gasteiger partial charge in [-0.15, -0.1) is 0 Å². The van der Waals surface area contributed by atoms with Crippen LogP contribution in [0.1, 0.15) is 0 Å². The zero-order valence-electron chi connectivity index (χ0n) is 6.72. The molecule has 1 aromatic rings. The van der Waals surface area contributed by atoms with Crippen LogP contribution >= 0.6 is 68.0 Å². The lowest BCUT2D eigenvalue weighted by molar-refractivity contribution is 0.483. The molecule has 0 aliphatic rings. The van der Waals surface area contributed by atoms with Gasteiger partial charge in [-0.05, 0) is 45.2 Å². The van der Waals surface area contributed by atoms with E-state index in [1.807, 2.05) is 0 Å².